The number of anilines is 1. The van der Waals surface area contributed by atoms with Crippen molar-refractivity contribution in [3.8, 4) is 16.1 Å². The van der Waals surface area contributed by atoms with Gasteiger partial charge >= 0.3 is 6.18 Å². The summed E-state index contributed by atoms with van der Waals surface area (Å²) in [5, 5.41) is 8.22. The first-order valence-electron chi connectivity index (χ1n) is 10.5. The fourth-order valence-corrected chi connectivity index (χ4v) is 5.69. The summed E-state index contributed by atoms with van der Waals surface area (Å²) < 4.78 is 41.1. The first-order chi connectivity index (χ1) is 16.2. The minimum absolute atomic E-state index is 0.307. The van der Waals surface area contributed by atoms with Crippen molar-refractivity contribution >= 4 is 43.2 Å². The Morgan fingerprint density at radius 3 is 2.59 bits per heavy atom. The molecule has 6 nitrogen and oxygen atoms in total. The van der Waals surface area contributed by atoms with Crippen LogP contribution in [0.4, 0.5) is 19.0 Å². The highest BCUT2D eigenvalue weighted by molar-refractivity contribution is 9.10. The van der Waals surface area contributed by atoms with Crippen molar-refractivity contribution in [2.24, 2.45) is 0 Å². The molecule has 176 valence electrons. The topological polar surface area (TPSA) is 63.1 Å². The van der Waals surface area contributed by atoms with E-state index in [0.29, 0.717) is 32.3 Å². The normalized spacial score (nSPS) is 16.5. The van der Waals surface area contributed by atoms with Crippen molar-refractivity contribution in [3.63, 3.8) is 0 Å². The number of aromatic nitrogens is 3. The predicted molar refractivity (Wildman–Crippen MR) is 131 cm³/mol. The number of rotatable bonds is 4. The van der Waals surface area contributed by atoms with Crippen LogP contribution in [0.5, 0.6) is 0 Å². The van der Waals surface area contributed by atoms with Gasteiger partial charge in [-0.2, -0.15) is 23.0 Å². The molecule has 0 saturated carbocycles. The monoisotopic (exact) mass is 549 g/mol. The molecule has 11 heteroatoms. The smallest absolute Gasteiger partial charge is 0.354 e. The van der Waals surface area contributed by atoms with E-state index in [1.54, 1.807) is 18.5 Å². The lowest BCUT2D eigenvalue weighted by molar-refractivity contribution is -0.137. The molecule has 1 N–H and O–H groups in total. The van der Waals surface area contributed by atoms with Gasteiger partial charge in [0.05, 0.1) is 28.1 Å². The summed E-state index contributed by atoms with van der Waals surface area (Å²) in [5.74, 6) is 0.816. The Morgan fingerprint density at radius 1 is 1.18 bits per heavy atom. The average Bonchev–Trinajstić information content (AvgIpc) is 3.46. The van der Waals surface area contributed by atoms with Crippen LogP contribution in [0.25, 0.3) is 26.2 Å². The molecule has 0 bridgehead atoms. The summed E-state index contributed by atoms with van der Waals surface area (Å²) >= 11 is 4.81. The number of alkyl halides is 3. The molecular weight excluding hydrogens is 531 g/mol. The highest BCUT2D eigenvalue weighted by Crippen LogP contribution is 2.35. The van der Waals surface area contributed by atoms with Crippen molar-refractivity contribution in [2.45, 2.75) is 18.6 Å². The van der Waals surface area contributed by atoms with E-state index in [0.717, 1.165) is 41.9 Å². The molecule has 3 aromatic heterocycles. The van der Waals surface area contributed by atoms with Crippen LogP contribution in [0.2, 0.25) is 0 Å². The second-order valence-corrected chi connectivity index (χ2v) is 9.96. The summed E-state index contributed by atoms with van der Waals surface area (Å²) in [7, 11) is 1.95. The van der Waals surface area contributed by atoms with Crippen LogP contribution in [-0.2, 0) is 6.18 Å². The molecule has 1 saturated heterocycles. The molecule has 34 heavy (non-hydrogen) atoms. The minimum Gasteiger partial charge on any atom is -0.354 e. The number of halogens is 4. The summed E-state index contributed by atoms with van der Waals surface area (Å²) in [4.78, 5) is 20.6. The van der Waals surface area contributed by atoms with E-state index in [1.807, 2.05) is 13.1 Å². The van der Waals surface area contributed by atoms with Crippen molar-refractivity contribution < 1.29 is 13.2 Å². The summed E-state index contributed by atoms with van der Waals surface area (Å²) in [5.41, 5.74) is 0.118. The molecule has 0 amide bonds. The SMILES string of the molecule is CN[C@@H]1CCN(c2ncc(-n3ncc4cc(-c5ccc(C(F)(F)F)cc5)sc4c3=O)cc2Br)C1. The van der Waals surface area contributed by atoms with Crippen LogP contribution >= 0.6 is 27.3 Å². The average molecular weight is 550 g/mol. The van der Waals surface area contributed by atoms with E-state index in [4.69, 9.17) is 0 Å². The Balaban J connectivity index is 1.47. The third kappa shape index (κ3) is 4.23. The Hall–Kier alpha value is -2.76. The molecule has 0 aliphatic carbocycles. The van der Waals surface area contributed by atoms with E-state index in [1.165, 1.54) is 28.2 Å². The predicted octanol–water partition coefficient (Wildman–Crippen LogP) is 5.09. The molecular formula is C23H19BrF3N5OS. The number of nitrogens with zero attached hydrogens (tertiary/aromatic N) is 4. The molecule has 1 aromatic carbocycles. The lowest BCUT2D eigenvalue weighted by atomic mass is 10.1. The minimum atomic E-state index is -4.39. The molecule has 4 heterocycles. The summed E-state index contributed by atoms with van der Waals surface area (Å²) in [6.45, 7) is 1.75. The Bertz CT molecular complexity index is 1420. The van der Waals surface area contributed by atoms with E-state index in [2.05, 4.69) is 36.2 Å². The second kappa shape index (κ2) is 8.79. The molecule has 1 atom stereocenters. The zero-order valence-electron chi connectivity index (χ0n) is 17.9. The van der Waals surface area contributed by atoms with Gasteiger partial charge in [0.15, 0.2) is 0 Å². The van der Waals surface area contributed by atoms with Crippen molar-refractivity contribution in [1.29, 1.82) is 0 Å². The fraction of sp³-hybridized carbons (Fsp3) is 0.261. The van der Waals surface area contributed by atoms with Crippen LogP contribution < -0.4 is 15.8 Å². The number of hydrogen-bond acceptors (Lipinski definition) is 6. The van der Waals surface area contributed by atoms with Gasteiger partial charge in [-0.15, -0.1) is 11.3 Å². The molecule has 0 unspecified atom stereocenters. The van der Waals surface area contributed by atoms with Crippen LogP contribution in [0.1, 0.15) is 12.0 Å². The van der Waals surface area contributed by atoms with Crippen molar-refractivity contribution in [3.05, 3.63) is 69.2 Å². The molecule has 0 spiro atoms. The largest absolute Gasteiger partial charge is 0.416 e. The Morgan fingerprint density at radius 2 is 1.94 bits per heavy atom. The van der Waals surface area contributed by atoms with Crippen LogP contribution in [-0.4, -0.2) is 40.9 Å². The number of hydrogen-bond donors (Lipinski definition) is 1. The quantitative estimate of drug-likeness (QED) is 0.384. The number of fused-ring (bicyclic) bond motifs is 1. The molecule has 0 radical (unpaired) electrons. The van der Waals surface area contributed by atoms with Gasteiger partial charge in [-0.1, -0.05) is 12.1 Å². The van der Waals surface area contributed by atoms with E-state index in [9.17, 15) is 18.0 Å². The zero-order valence-corrected chi connectivity index (χ0v) is 20.3. The first-order valence-corrected chi connectivity index (χ1v) is 12.1. The number of benzene rings is 1. The second-order valence-electron chi connectivity index (χ2n) is 8.05. The van der Waals surface area contributed by atoms with Gasteiger partial charge in [0.25, 0.3) is 5.56 Å². The number of likely N-dealkylation sites (N-methyl/N-ethyl adjacent to an activating group) is 1. The Labute approximate surface area is 205 Å². The third-order valence-electron chi connectivity index (χ3n) is 5.90. The van der Waals surface area contributed by atoms with E-state index >= 15 is 0 Å². The van der Waals surface area contributed by atoms with Crippen LogP contribution in [0, 0.1) is 0 Å². The number of pyridine rings is 1. The molecule has 1 aliphatic rings. The van der Waals surface area contributed by atoms with Gasteiger partial charge in [0.1, 0.15) is 10.5 Å². The molecule has 4 aromatic rings. The lowest BCUT2D eigenvalue weighted by Gasteiger charge is -2.19. The number of nitrogens with one attached hydrogen (secondary N) is 1. The third-order valence-corrected chi connectivity index (χ3v) is 7.68. The lowest BCUT2D eigenvalue weighted by Crippen LogP contribution is -2.30. The Kier molecular flexibility index (Phi) is 5.95. The molecule has 1 aliphatic heterocycles. The summed E-state index contributed by atoms with van der Waals surface area (Å²) in [6.07, 6.45) is -0.153. The van der Waals surface area contributed by atoms with Gasteiger partial charge in [-0.25, -0.2) is 4.98 Å². The summed E-state index contributed by atoms with van der Waals surface area (Å²) in [6, 6.07) is 8.91. The molecule has 5 rings (SSSR count). The zero-order chi connectivity index (χ0) is 24.0. The van der Waals surface area contributed by atoms with Crippen LogP contribution in [0.3, 0.4) is 0 Å². The van der Waals surface area contributed by atoms with Gasteiger partial charge < -0.3 is 10.2 Å². The standard InChI is InChI=1S/C23H19BrF3N5OS/c1-28-16-6-7-31(12-16)21-18(24)9-17(11-29-21)32-22(33)20-14(10-30-32)8-19(34-20)13-2-4-15(5-3-13)23(25,26)27/h2-5,8-11,16,28H,6-7,12H2,1H3/t16-/m1/s1. The highest BCUT2D eigenvalue weighted by atomic mass is 79.9. The maximum atomic E-state index is 13.2. The highest BCUT2D eigenvalue weighted by Gasteiger charge is 2.30. The maximum Gasteiger partial charge on any atom is 0.416 e. The van der Waals surface area contributed by atoms with E-state index < -0.39 is 11.7 Å². The first kappa shape index (κ1) is 23.0. The van der Waals surface area contributed by atoms with Crippen molar-refractivity contribution in [2.75, 3.05) is 25.0 Å². The van der Waals surface area contributed by atoms with Gasteiger partial charge in [0, 0.05) is 29.4 Å². The van der Waals surface area contributed by atoms with Crippen molar-refractivity contribution in [1.82, 2.24) is 20.1 Å². The van der Waals surface area contributed by atoms with Crippen LogP contribution in [0.15, 0.2) is 58.1 Å². The maximum absolute atomic E-state index is 13.2. The molecule has 1 fully saturated rings. The van der Waals surface area contributed by atoms with E-state index in [-0.39, 0.29) is 5.56 Å². The van der Waals surface area contributed by atoms with Gasteiger partial charge in [-0.05, 0) is 59.2 Å². The number of thiophene rings is 1. The fourth-order valence-electron chi connectivity index (χ4n) is 4.04. The van der Waals surface area contributed by atoms with Gasteiger partial charge in [0.2, 0.25) is 0 Å². The van der Waals surface area contributed by atoms with Gasteiger partial charge in [-0.3, -0.25) is 4.79 Å².